The van der Waals surface area contributed by atoms with Crippen molar-refractivity contribution in [3.8, 4) is 0 Å². The topological polar surface area (TPSA) is 37.4 Å². The Bertz CT molecular complexity index is 564. The zero-order chi connectivity index (χ0) is 14.5. The summed E-state index contributed by atoms with van der Waals surface area (Å²) < 4.78 is 0. The Balaban J connectivity index is 2.09. The van der Waals surface area contributed by atoms with Crippen LogP contribution in [0.4, 0.5) is 5.69 Å². The van der Waals surface area contributed by atoms with Gasteiger partial charge in [-0.2, -0.15) is 0 Å². The molecular weight excluding hydrogens is 266 g/mol. The van der Waals surface area contributed by atoms with Crippen LogP contribution >= 0.6 is 0 Å². The summed E-state index contributed by atoms with van der Waals surface area (Å²) in [7, 11) is -1.68. The highest BCUT2D eigenvalue weighted by atomic mass is 28.3. The van der Waals surface area contributed by atoms with Gasteiger partial charge >= 0.3 is 0 Å². The summed E-state index contributed by atoms with van der Waals surface area (Å²) in [6.07, 6.45) is 2.54. The van der Waals surface area contributed by atoms with E-state index in [-0.39, 0.29) is 22.8 Å². The first-order chi connectivity index (χ1) is 9.37. The predicted molar refractivity (Wildman–Crippen MR) is 82.3 cm³/mol. The molecule has 0 radical (unpaired) electrons. The fraction of sp³-hybridized carbons (Fsp3) is 0.500. The van der Waals surface area contributed by atoms with Crippen LogP contribution in [0.25, 0.3) is 0 Å². The number of benzene rings is 1. The molecule has 20 heavy (non-hydrogen) atoms. The SMILES string of the molecule is C[Si](C)(C)[C@]12CC[C@H](C1)C(=O)N(c1ccccc1)C2=O. The first-order valence-electron chi connectivity index (χ1n) is 7.30. The number of fused-ring (bicyclic) bond motifs is 2. The van der Waals surface area contributed by atoms with Gasteiger partial charge in [-0.3, -0.25) is 14.5 Å². The minimum absolute atomic E-state index is 0.00701. The van der Waals surface area contributed by atoms with Gasteiger partial charge in [0.05, 0.1) is 13.8 Å². The van der Waals surface area contributed by atoms with Gasteiger partial charge in [0, 0.05) is 11.0 Å². The Morgan fingerprint density at radius 2 is 1.80 bits per heavy atom. The smallest absolute Gasteiger partial charge is 0.237 e. The summed E-state index contributed by atoms with van der Waals surface area (Å²) in [5.41, 5.74) is 0.733. The van der Waals surface area contributed by atoms with E-state index < -0.39 is 8.07 Å². The molecule has 2 fully saturated rings. The van der Waals surface area contributed by atoms with Crippen LogP contribution in [0.2, 0.25) is 24.7 Å². The van der Waals surface area contributed by atoms with Crippen LogP contribution in [0.5, 0.6) is 0 Å². The third kappa shape index (κ3) is 1.70. The Labute approximate surface area is 121 Å². The minimum Gasteiger partial charge on any atom is -0.274 e. The van der Waals surface area contributed by atoms with Gasteiger partial charge in [0.1, 0.15) is 0 Å². The molecule has 3 nitrogen and oxygen atoms in total. The molecule has 106 valence electrons. The number of para-hydroxylation sites is 1. The lowest BCUT2D eigenvalue weighted by molar-refractivity contribution is -0.132. The number of rotatable bonds is 2. The summed E-state index contributed by atoms with van der Waals surface area (Å²) in [6.45, 7) is 6.77. The molecule has 4 heteroatoms. The predicted octanol–water partition coefficient (Wildman–Crippen LogP) is 3.44. The van der Waals surface area contributed by atoms with Gasteiger partial charge in [0.2, 0.25) is 11.8 Å². The van der Waals surface area contributed by atoms with Crippen LogP contribution in [-0.2, 0) is 9.59 Å². The summed E-state index contributed by atoms with van der Waals surface area (Å²) in [5, 5.41) is -0.249. The van der Waals surface area contributed by atoms with Gasteiger partial charge in [-0.1, -0.05) is 37.8 Å². The highest BCUT2D eigenvalue weighted by Gasteiger charge is 2.61. The molecule has 0 spiro atoms. The van der Waals surface area contributed by atoms with E-state index in [1.165, 1.54) is 4.90 Å². The van der Waals surface area contributed by atoms with E-state index in [1.54, 1.807) is 0 Å². The third-order valence-corrected chi connectivity index (χ3v) is 8.69. The maximum atomic E-state index is 13.1. The van der Waals surface area contributed by atoms with Crippen LogP contribution in [0.15, 0.2) is 30.3 Å². The van der Waals surface area contributed by atoms with E-state index in [4.69, 9.17) is 0 Å². The number of carbonyl (C=O) groups is 2. The maximum absolute atomic E-state index is 13.1. The molecule has 1 heterocycles. The molecule has 0 aromatic heterocycles. The number of anilines is 1. The van der Waals surface area contributed by atoms with Crippen molar-refractivity contribution >= 4 is 25.6 Å². The molecule has 2 aliphatic rings. The average molecular weight is 287 g/mol. The lowest BCUT2D eigenvalue weighted by Crippen LogP contribution is -2.56. The molecule has 1 aromatic carbocycles. The first-order valence-corrected chi connectivity index (χ1v) is 10.8. The molecule has 2 bridgehead atoms. The second-order valence-electron chi connectivity index (χ2n) is 7.09. The molecular formula is C16H21NO2Si. The molecule has 0 unspecified atom stereocenters. The molecule has 2 amide bonds. The van der Waals surface area contributed by atoms with Crippen molar-refractivity contribution in [2.45, 2.75) is 43.9 Å². The molecule has 1 saturated carbocycles. The fourth-order valence-electron chi connectivity index (χ4n) is 3.77. The maximum Gasteiger partial charge on any atom is 0.237 e. The van der Waals surface area contributed by atoms with Crippen molar-refractivity contribution in [2.75, 3.05) is 4.90 Å². The number of carbonyl (C=O) groups excluding carboxylic acids is 2. The van der Waals surface area contributed by atoms with Gasteiger partial charge in [-0.25, -0.2) is 0 Å². The Hall–Kier alpha value is -1.42. The molecule has 0 N–H and O–H groups in total. The monoisotopic (exact) mass is 287 g/mol. The number of imide groups is 1. The van der Waals surface area contributed by atoms with Crippen LogP contribution in [-0.4, -0.2) is 19.9 Å². The molecule has 1 aliphatic carbocycles. The molecule has 1 aliphatic heterocycles. The Kier molecular flexibility index (Phi) is 2.90. The van der Waals surface area contributed by atoms with E-state index in [2.05, 4.69) is 19.6 Å². The van der Waals surface area contributed by atoms with Gasteiger partial charge in [-0.15, -0.1) is 0 Å². The Morgan fingerprint density at radius 3 is 2.40 bits per heavy atom. The summed E-state index contributed by atoms with van der Waals surface area (Å²) >= 11 is 0. The van der Waals surface area contributed by atoms with Gasteiger partial charge in [-0.05, 0) is 31.4 Å². The normalized spacial score (nSPS) is 29.9. The fourth-order valence-corrected chi connectivity index (χ4v) is 6.28. The second kappa shape index (κ2) is 4.28. The lowest BCUT2D eigenvalue weighted by atomic mass is 9.95. The zero-order valence-electron chi connectivity index (χ0n) is 12.3. The third-order valence-electron chi connectivity index (χ3n) is 5.15. The number of hydrogen-bond acceptors (Lipinski definition) is 2. The number of nitrogens with zero attached hydrogens (tertiary/aromatic N) is 1. The van der Waals surface area contributed by atoms with E-state index >= 15 is 0 Å². The van der Waals surface area contributed by atoms with Crippen molar-refractivity contribution in [3.63, 3.8) is 0 Å². The second-order valence-corrected chi connectivity index (χ2v) is 12.5. The van der Waals surface area contributed by atoms with Crippen molar-refractivity contribution in [1.82, 2.24) is 0 Å². The highest BCUT2D eigenvalue weighted by Crippen LogP contribution is 2.59. The quantitative estimate of drug-likeness (QED) is 0.617. The molecule has 1 aromatic rings. The van der Waals surface area contributed by atoms with Crippen LogP contribution in [0.1, 0.15) is 19.3 Å². The average Bonchev–Trinajstić information content (AvgIpc) is 2.81. The summed E-state index contributed by atoms with van der Waals surface area (Å²) in [4.78, 5) is 27.2. The number of piperidine rings is 1. The van der Waals surface area contributed by atoms with Crippen LogP contribution < -0.4 is 4.90 Å². The lowest BCUT2D eigenvalue weighted by Gasteiger charge is -2.45. The Morgan fingerprint density at radius 1 is 1.15 bits per heavy atom. The standard InChI is InChI=1S/C16H21NO2Si/c1-20(2,3)16-10-9-12(11-16)14(18)17(15(16)19)13-7-5-4-6-8-13/h4-8,12H,9-11H2,1-3H3/t12-,16-/m1/s1. The zero-order valence-corrected chi connectivity index (χ0v) is 13.3. The molecule has 3 rings (SSSR count). The van der Waals surface area contributed by atoms with Crippen LogP contribution in [0, 0.1) is 5.92 Å². The van der Waals surface area contributed by atoms with E-state index in [0.29, 0.717) is 0 Å². The van der Waals surface area contributed by atoms with Gasteiger partial charge in [0.15, 0.2) is 0 Å². The first kappa shape index (κ1) is 13.6. The number of hydrogen-bond donors (Lipinski definition) is 0. The van der Waals surface area contributed by atoms with Crippen molar-refractivity contribution in [3.05, 3.63) is 30.3 Å². The van der Waals surface area contributed by atoms with Crippen molar-refractivity contribution in [2.24, 2.45) is 5.92 Å². The van der Waals surface area contributed by atoms with Crippen LogP contribution in [0.3, 0.4) is 0 Å². The van der Waals surface area contributed by atoms with Gasteiger partial charge in [0.25, 0.3) is 0 Å². The van der Waals surface area contributed by atoms with Crippen molar-refractivity contribution in [1.29, 1.82) is 0 Å². The molecule has 1 saturated heterocycles. The van der Waals surface area contributed by atoms with E-state index in [0.717, 1.165) is 24.9 Å². The summed E-state index contributed by atoms with van der Waals surface area (Å²) in [5.74, 6) is 0.105. The van der Waals surface area contributed by atoms with Crippen molar-refractivity contribution < 1.29 is 9.59 Å². The summed E-state index contributed by atoms with van der Waals surface area (Å²) in [6, 6.07) is 9.39. The number of amides is 2. The largest absolute Gasteiger partial charge is 0.274 e. The van der Waals surface area contributed by atoms with E-state index in [1.807, 2.05) is 30.3 Å². The highest BCUT2D eigenvalue weighted by molar-refractivity contribution is 6.83. The molecule has 2 atom stereocenters. The van der Waals surface area contributed by atoms with Gasteiger partial charge < -0.3 is 0 Å². The van der Waals surface area contributed by atoms with E-state index in [9.17, 15) is 9.59 Å². The minimum atomic E-state index is -1.68.